The van der Waals surface area contributed by atoms with Gasteiger partial charge in [-0.3, -0.25) is 0 Å². The lowest BCUT2D eigenvalue weighted by Crippen LogP contribution is -2.35. The lowest BCUT2D eigenvalue weighted by atomic mass is 10.1. The van der Waals surface area contributed by atoms with Crippen LogP contribution >= 0.6 is 0 Å². The Hall–Kier alpha value is -0.890. The molecule has 0 aromatic heterocycles. The third-order valence-corrected chi connectivity index (χ3v) is 3.31. The molecule has 88 valence electrons. The SMILES string of the molecule is CC(Cc1cccc(F)c1)NC1CCCC1. The lowest BCUT2D eigenvalue weighted by Gasteiger charge is -2.19. The molecule has 16 heavy (non-hydrogen) atoms. The van der Waals surface area contributed by atoms with Crippen molar-refractivity contribution >= 4 is 0 Å². The summed E-state index contributed by atoms with van der Waals surface area (Å²) in [6, 6.07) is 8.03. The van der Waals surface area contributed by atoms with Gasteiger partial charge in [0.15, 0.2) is 0 Å². The highest BCUT2D eigenvalue weighted by atomic mass is 19.1. The van der Waals surface area contributed by atoms with Gasteiger partial charge in [0.25, 0.3) is 0 Å². The van der Waals surface area contributed by atoms with E-state index in [2.05, 4.69) is 12.2 Å². The molecule has 1 N–H and O–H groups in total. The smallest absolute Gasteiger partial charge is 0.123 e. The highest BCUT2D eigenvalue weighted by molar-refractivity contribution is 5.17. The molecule has 0 heterocycles. The lowest BCUT2D eigenvalue weighted by molar-refractivity contribution is 0.448. The zero-order valence-corrected chi connectivity index (χ0v) is 9.88. The zero-order valence-electron chi connectivity index (χ0n) is 9.88. The van der Waals surface area contributed by atoms with Crippen molar-refractivity contribution in [3.8, 4) is 0 Å². The van der Waals surface area contributed by atoms with Gasteiger partial charge in [-0.1, -0.05) is 25.0 Å². The maximum atomic E-state index is 13.0. The number of hydrogen-bond donors (Lipinski definition) is 1. The van der Waals surface area contributed by atoms with Crippen LogP contribution in [0.5, 0.6) is 0 Å². The van der Waals surface area contributed by atoms with Gasteiger partial charge in [-0.2, -0.15) is 0 Å². The summed E-state index contributed by atoms with van der Waals surface area (Å²) in [6.07, 6.45) is 6.21. The Labute approximate surface area is 97.1 Å². The van der Waals surface area contributed by atoms with Gasteiger partial charge in [-0.15, -0.1) is 0 Å². The van der Waals surface area contributed by atoms with Crippen LogP contribution in [0.3, 0.4) is 0 Å². The fourth-order valence-electron chi connectivity index (χ4n) is 2.57. The minimum atomic E-state index is -0.134. The molecule has 1 saturated carbocycles. The average Bonchev–Trinajstić information content (AvgIpc) is 2.70. The molecule has 2 heteroatoms. The molecule has 1 aliphatic carbocycles. The Bertz CT molecular complexity index is 331. The van der Waals surface area contributed by atoms with Crippen LogP contribution in [0.2, 0.25) is 0 Å². The normalized spacial score (nSPS) is 18.9. The van der Waals surface area contributed by atoms with E-state index in [1.165, 1.54) is 31.7 Å². The Kier molecular flexibility index (Phi) is 3.94. The summed E-state index contributed by atoms with van der Waals surface area (Å²) in [7, 11) is 0. The van der Waals surface area contributed by atoms with Crippen molar-refractivity contribution in [3.63, 3.8) is 0 Å². The van der Waals surface area contributed by atoms with Crippen molar-refractivity contribution in [2.24, 2.45) is 0 Å². The van der Waals surface area contributed by atoms with Crippen LogP contribution in [0.1, 0.15) is 38.2 Å². The second-order valence-corrected chi connectivity index (χ2v) is 4.88. The summed E-state index contributed by atoms with van der Waals surface area (Å²) >= 11 is 0. The summed E-state index contributed by atoms with van der Waals surface area (Å²) in [5.41, 5.74) is 1.08. The molecule has 1 aromatic rings. The Morgan fingerprint density at radius 1 is 1.38 bits per heavy atom. The van der Waals surface area contributed by atoms with Crippen molar-refractivity contribution in [2.45, 2.75) is 51.1 Å². The molecule has 2 rings (SSSR count). The molecule has 1 fully saturated rings. The second kappa shape index (κ2) is 5.44. The summed E-state index contributed by atoms with van der Waals surface area (Å²) in [4.78, 5) is 0. The van der Waals surface area contributed by atoms with E-state index >= 15 is 0 Å². The fourth-order valence-corrected chi connectivity index (χ4v) is 2.57. The first kappa shape index (κ1) is 11.6. The topological polar surface area (TPSA) is 12.0 Å². The highest BCUT2D eigenvalue weighted by Crippen LogP contribution is 2.18. The van der Waals surface area contributed by atoms with Crippen molar-refractivity contribution < 1.29 is 4.39 Å². The maximum Gasteiger partial charge on any atom is 0.123 e. The van der Waals surface area contributed by atoms with Crippen LogP contribution in [-0.2, 0) is 6.42 Å². The van der Waals surface area contributed by atoms with Gasteiger partial charge in [0, 0.05) is 12.1 Å². The molecule has 0 bridgehead atoms. The third-order valence-electron chi connectivity index (χ3n) is 3.31. The zero-order chi connectivity index (χ0) is 11.4. The Morgan fingerprint density at radius 3 is 2.81 bits per heavy atom. The minimum absolute atomic E-state index is 0.134. The first-order valence-electron chi connectivity index (χ1n) is 6.24. The molecule has 0 saturated heterocycles. The number of rotatable bonds is 4. The number of halogens is 1. The largest absolute Gasteiger partial charge is 0.311 e. The van der Waals surface area contributed by atoms with Crippen LogP contribution in [-0.4, -0.2) is 12.1 Å². The number of benzene rings is 1. The van der Waals surface area contributed by atoms with E-state index in [9.17, 15) is 4.39 Å². The van der Waals surface area contributed by atoms with Gasteiger partial charge in [0.05, 0.1) is 0 Å². The minimum Gasteiger partial charge on any atom is -0.311 e. The first-order chi connectivity index (χ1) is 7.74. The molecular formula is C14H20FN. The Balaban J connectivity index is 1.84. The first-order valence-corrected chi connectivity index (χ1v) is 6.24. The van der Waals surface area contributed by atoms with E-state index in [1.54, 1.807) is 12.1 Å². The molecule has 1 atom stereocenters. The molecule has 1 unspecified atom stereocenters. The van der Waals surface area contributed by atoms with E-state index in [0.29, 0.717) is 12.1 Å². The maximum absolute atomic E-state index is 13.0. The molecule has 0 radical (unpaired) electrons. The predicted octanol–water partition coefficient (Wildman–Crippen LogP) is 3.29. The van der Waals surface area contributed by atoms with Crippen molar-refractivity contribution in [3.05, 3.63) is 35.6 Å². The van der Waals surface area contributed by atoms with Gasteiger partial charge in [0.1, 0.15) is 5.82 Å². The van der Waals surface area contributed by atoms with E-state index in [-0.39, 0.29) is 5.82 Å². The standard InChI is InChI=1S/C14H20FN/c1-11(16-14-7-2-3-8-14)9-12-5-4-6-13(15)10-12/h4-6,10-11,14,16H,2-3,7-9H2,1H3. The molecule has 0 amide bonds. The molecule has 1 aromatic carbocycles. The summed E-state index contributed by atoms with van der Waals surface area (Å²) in [6.45, 7) is 2.18. The van der Waals surface area contributed by atoms with Crippen molar-refractivity contribution in [1.82, 2.24) is 5.32 Å². The second-order valence-electron chi connectivity index (χ2n) is 4.88. The van der Waals surface area contributed by atoms with Crippen molar-refractivity contribution in [2.75, 3.05) is 0 Å². The van der Waals surface area contributed by atoms with E-state index in [0.717, 1.165) is 12.0 Å². The fraction of sp³-hybridized carbons (Fsp3) is 0.571. The third kappa shape index (κ3) is 3.31. The quantitative estimate of drug-likeness (QED) is 0.822. The summed E-state index contributed by atoms with van der Waals surface area (Å²) in [5, 5.41) is 3.62. The van der Waals surface area contributed by atoms with E-state index < -0.39 is 0 Å². The van der Waals surface area contributed by atoms with Crippen LogP contribution in [0, 0.1) is 5.82 Å². The Morgan fingerprint density at radius 2 is 2.12 bits per heavy atom. The number of nitrogens with one attached hydrogen (secondary N) is 1. The van der Waals surface area contributed by atoms with Gasteiger partial charge in [-0.05, 0) is 43.9 Å². The molecule has 0 aliphatic heterocycles. The van der Waals surface area contributed by atoms with Crippen LogP contribution in [0.25, 0.3) is 0 Å². The number of hydrogen-bond acceptors (Lipinski definition) is 1. The summed E-state index contributed by atoms with van der Waals surface area (Å²) in [5.74, 6) is -0.134. The molecule has 0 spiro atoms. The van der Waals surface area contributed by atoms with Crippen LogP contribution in [0.15, 0.2) is 24.3 Å². The molecule has 1 aliphatic rings. The highest BCUT2D eigenvalue weighted by Gasteiger charge is 2.16. The monoisotopic (exact) mass is 221 g/mol. The van der Waals surface area contributed by atoms with Crippen LogP contribution in [0.4, 0.5) is 4.39 Å². The van der Waals surface area contributed by atoms with Gasteiger partial charge in [0.2, 0.25) is 0 Å². The average molecular weight is 221 g/mol. The van der Waals surface area contributed by atoms with E-state index in [1.807, 2.05) is 6.07 Å². The molecule has 1 nitrogen and oxygen atoms in total. The van der Waals surface area contributed by atoms with Crippen molar-refractivity contribution in [1.29, 1.82) is 0 Å². The molecular weight excluding hydrogens is 201 g/mol. The van der Waals surface area contributed by atoms with Gasteiger partial charge in [-0.25, -0.2) is 4.39 Å². The van der Waals surface area contributed by atoms with Gasteiger partial charge >= 0.3 is 0 Å². The summed E-state index contributed by atoms with van der Waals surface area (Å²) < 4.78 is 13.0. The van der Waals surface area contributed by atoms with E-state index in [4.69, 9.17) is 0 Å². The predicted molar refractivity (Wildman–Crippen MR) is 65.0 cm³/mol. The van der Waals surface area contributed by atoms with Crippen LogP contribution < -0.4 is 5.32 Å². The van der Waals surface area contributed by atoms with Gasteiger partial charge < -0.3 is 5.32 Å².